The van der Waals surface area contributed by atoms with E-state index in [9.17, 15) is 27.6 Å². The number of hydrogen-bond acceptors (Lipinski definition) is 8. The Kier molecular flexibility index (Phi) is 8.05. The number of aromatic nitrogens is 4. The number of pyridine rings is 2. The van der Waals surface area contributed by atoms with Crippen molar-refractivity contribution in [2.75, 3.05) is 7.11 Å². The van der Waals surface area contributed by atoms with Crippen LogP contribution in [0.25, 0.3) is 22.6 Å². The molecule has 208 valence electrons. The smallest absolute Gasteiger partial charge is 0.470 e. The second kappa shape index (κ2) is 11.3. The quantitative estimate of drug-likeness (QED) is 0.307. The first-order valence-electron chi connectivity index (χ1n) is 11.7. The Morgan fingerprint density at radius 3 is 2.45 bits per heavy atom. The number of benzene rings is 1. The van der Waals surface area contributed by atoms with Crippen molar-refractivity contribution in [2.45, 2.75) is 32.0 Å². The van der Waals surface area contributed by atoms with Gasteiger partial charge in [-0.15, -0.1) is 10.2 Å². The summed E-state index contributed by atoms with van der Waals surface area (Å²) in [4.78, 5) is 41.6. The third kappa shape index (κ3) is 5.88. The minimum atomic E-state index is -4.85. The molecule has 0 aliphatic rings. The van der Waals surface area contributed by atoms with Crippen LogP contribution in [0.3, 0.4) is 0 Å². The normalized spacial score (nSPS) is 12.2. The van der Waals surface area contributed by atoms with E-state index >= 15 is 0 Å². The van der Waals surface area contributed by atoms with Gasteiger partial charge in [0.1, 0.15) is 11.4 Å². The number of ether oxygens (including phenoxy) is 1. The number of methoxy groups -OCH3 is 1. The van der Waals surface area contributed by atoms with Crippen molar-refractivity contribution in [3.63, 3.8) is 0 Å². The minimum Gasteiger partial charge on any atom is -0.495 e. The molecule has 10 nitrogen and oxygen atoms in total. The van der Waals surface area contributed by atoms with E-state index in [1.54, 1.807) is 13.0 Å². The maximum atomic E-state index is 13.3. The number of Topliss-reactive ketones (excluding diaryl/α,β-unsaturated/α-hetero) is 1. The van der Waals surface area contributed by atoms with Gasteiger partial charge in [-0.25, -0.2) is 0 Å². The van der Waals surface area contributed by atoms with Gasteiger partial charge in [0, 0.05) is 34.8 Å². The van der Waals surface area contributed by atoms with Crippen LogP contribution in [0.4, 0.5) is 13.2 Å². The second-order valence-corrected chi connectivity index (χ2v) is 9.02. The van der Waals surface area contributed by atoms with Gasteiger partial charge in [-0.1, -0.05) is 24.6 Å². The summed E-state index contributed by atoms with van der Waals surface area (Å²) in [5, 5.41) is 6.79. The molecular formula is C26H21ClF3N5O5. The van der Waals surface area contributed by atoms with Gasteiger partial charge < -0.3 is 19.5 Å². The molecule has 0 spiro atoms. The highest BCUT2D eigenvalue weighted by molar-refractivity contribution is 6.31. The van der Waals surface area contributed by atoms with E-state index in [1.807, 2.05) is 0 Å². The highest BCUT2D eigenvalue weighted by atomic mass is 35.5. The lowest BCUT2D eigenvalue weighted by Crippen LogP contribution is -2.30. The van der Waals surface area contributed by atoms with Crippen molar-refractivity contribution < 1.29 is 31.9 Å². The fourth-order valence-electron chi connectivity index (χ4n) is 4.09. The summed E-state index contributed by atoms with van der Waals surface area (Å²) < 4.78 is 50.7. The Bertz CT molecular complexity index is 1630. The van der Waals surface area contributed by atoms with Crippen molar-refractivity contribution in [3.05, 3.63) is 81.3 Å². The predicted molar refractivity (Wildman–Crippen MR) is 137 cm³/mol. The molecule has 4 rings (SSSR count). The number of halogens is 4. The van der Waals surface area contributed by atoms with E-state index < -0.39 is 35.5 Å². The molecule has 1 atom stereocenters. The van der Waals surface area contributed by atoms with Crippen molar-refractivity contribution in [1.82, 2.24) is 19.7 Å². The topological polar surface area (TPSA) is 143 Å². The zero-order valence-corrected chi connectivity index (χ0v) is 21.8. The van der Waals surface area contributed by atoms with Crippen LogP contribution in [0.5, 0.6) is 5.75 Å². The lowest BCUT2D eigenvalue weighted by Gasteiger charge is -2.20. The highest BCUT2D eigenvalue weighted by Crippen LogP contribution is 2.39. The van der Waals surface area contributed by atoms with Gasteiger partial charge in [-0.05, 0) is 41.8 Å². The Labute approximate surface area is 229 Å². The average molecular weight is 576 g/mol. The molecule has 0 fully saturated rings. The third-order valence-electron chi connectivity index (χ3n) is 5.98. The molecule has 0 aliphatic carbocycles. The molecule has 0 saturated carbocycles. The second-order valence-electron chi connectivity index (χ2n) is 8.58. The Hall–Kier alpha value is -4.52. The third-order valence-corrected chi connectivity index (χ3v) is 6.22. The first kappa shape index (κ1) is 28.5. The van der Waals surface area contributed by atoms with Gasteiger partial charge in [-0.2, -0.15) is 13.2 Å². The summed E-state index contributed by atoms with van der Waals surface area (Å²) in [5.41, 5.74) is 5.65. The molecule has 1 unspecified atom stereocenters. The molecule has 0 radical (unpaired) electrons. The summed E-state index contributed by atoms with van der Waals surface area (Å²) in [7, 11) is 1.33. The molecular weight excluding hydrogens is 555 g/mol. The number of hydrogen-bond donors (Lipinski definition) is 1. The fraction of sp³-hybridized carbons (Fsp3) is 0.231. The van der Waals surface area contributed by atoms with Crippen molar-refractivity contribution in [1.29, 1.82) is 0 Å². The lowest BCUT2D eigenvalue weighted by atomic mass is 9.98. The van der Waals surface area contributed by atoms with Gasteiger partial charge in [0.15, 0.2) is 5.78 Å². The van der Waals surface area contributed by atoms with Crippen LogP contribution in [0.15, 0.2) is 58.0 Å². The van der Waals surface area contributed by atoms with Gasteiger partial charge in [0.05, 0.1) is 19.3 Å². The van der Waals surface area contributed by atoms with E-state index in [4.69, 9.17) is 26.5 Å². The van der Waals surface area contributed by atoms with Crippen LogP contribution in [0.2, 0.25) is 5.02 Å². The maximum absolute atomic E-state index is 13.3. The van der Waals surface area contributed by atoms with E-state index in [-0.39, 0.29) is 51.8 Å². The number of nitrogens with zero attached hydrogens (tertiary/aromatic N) is 4. The Balaban J connectivity index is 1.73. The number of ketones is 1. The maximum Gasteiger partial charge on any atom is 0.470 e. The molecule has 1 aromatic carbocycles. The standard InChI is InChI=1S/C26H21ClF3N5O5/c1-3-19(20(36)8-13-4-7-18(23(31)38)32-11-13)35-12-21(39-2)17(10-22(35)37)16-9-14(27)5-6-15(16)24-33-34-25(40-24)26(28,29)30/h4-7,9-12,19H,3,8H2,1-2H3,(H2,31,38). The SMILES string of the molecule is CCC(C(=O)Cc1ccc(C(N)=O)nc1)n1cc(OC)c(-c2cc(Cl)ccc2-c2nnc(C(F)(F)F)o2)cc1=O. The minimum absolute atomic E-state index is 0.0512. The van der Waals surface area contributed by atoms with Crippen LogP contribution >= 0.6 is 11.6 Å². The molecule has 40 heavy (non-hydrogen) atoms. The van der Waals surface area contributed by atoms with E-state index in [0.717, 1.165) is 0 Å². The average Bonchev–Trinajstić information content (AvgIpc) is 3.41. The Morgan fingerprint density at radius 1 is 1.12 bits per heavy atom. The summed E-state index contributed by atoms with van der Waals surface area (Å²) in [6.07, 6.45) is -1.95. The largest absolute Gasteiger partial charge is 0.495 e. The number of nitrogens with two attached hydrogens (primary N) is 1. The van der Waals surface area contributed by atoms with E-state index in [2.05, 4.69) is 15.2 Å². The van der Waals surface area contributed by atoms with E-state index in [1.165, 1.54) is 54.4 Å². The molecule has 0 saturated heterocycles. The zero-order valence-electron chi connectivity index (χ0n) is 21.0. The number of rotatable bonds is 9. The molecule has 3 aromatic heterocycles. The van der Waals surface area contributed by atoms with Crippen LogP contribution in [0, 0.1) is 0 Å². The number of primary amides is 1. The van der Waals surface area contributed by atoms with Gasteiger partial charge in [0.2, 0.25) is 5.89 Å². The first-order valence-corrected chi connectivity index (χ1v) is 12.1. The summed E-state index contributed by atoms with van der Waals surface area (Å²) in [5.74, 6) is -2.84. The summed E-state index contributed by atoms with van der Waals surface area (Å²) in [6, 6.07) is 7.48. The number of carbonyl (C=O) groups is 2. The summed E-state index contributed by atoms with van der Waals surface area (Å²) >= 11 is 6.17. The Morgan fingerprint density at radius 2 is 1.88 bits per heavy atom. The van der Waals surface area contributed by atoms with Gasteiger partial charge in [0.25, 0.3) is 11.5 Å². The molecule has 4 aromatic rings. The molecule has 1 amide bonds. The zero-order chi connectivity index (χ0) is 29.2. The summed E-state index contributed by atoms with van der Waals surface area (Å²) in [6.45, 7) is 1.73. The van der Waals surface area contributed by atoms with Crippen molar-refractivity contribution in [2.24, 2.45) is 5.73 Å². The number of alkyl halides is 3. The predicted octanol–water partition coefficient (Wildman–Crippen LogP) is 4.50. The molecule has 0 bridgehead atoms. The van der Waals surface area contributed by atoms with Gasteiger partial charge in [-0.3, -0.25) is 19.4 Å². The molecule has 0 aliphatic heterocycles. The van der Waals surface area contributed by atoms with Gasteiger partial charge >= 0.3 is 12.1 Å². The van der Waals surface area contributed by atoms with Crippen LogP contribution < -0.4 is 16.0 Å². The van der Waals surface area contributed by atoms with Crippen molar-refractivity contribution >= 4 is 23.3 Å². The monoisotopic (exact) mass is 575 g/mol. The van der Waals surface area contributed by atoms with Crippen LogP contribution in [-0.2, 0) is 17.4 Å². The highest BCUT2D eigenvalue weighted by Gasteiger charge is 2.38. The van der Waals surface area contributed by atoms with E-state index in [0.29, 0.717) is 5.56 Å². The fourth-order valence-corrected chi connectivity index (χ4v) is 4.26. The molecule has 14 heteroatoms. The molecule has 2 N–H and O–H groups in total. The number of amides is 1. The van der Waals surface area contributed by atoms with Crippen LogP contribution in [-0.4, -0.2) is 38.5 Å². The first-order chi connectivity index (χ1) is 18.9. The lowest BCUT2D eigenvalue weighted by molar-refractivity contribution is -0.157. The number of carbonyl (C=O) groups excluding carboxylic acids is 2. The molecule has 3 heterocycles. The van der Waals surface area contributed by atoms with Crippen molar-refractivity contribution in [3.8, 4) is 28.3 Å². The van der Waals surface area contributed by atoms with Crippen LogP contribution in [0.1, 0.15) is 41.3 Å².